The summed E-state index contributed by atoms with van der Waals surface area (Å²) in [4.78, 5) is 0. The highest BCUT2D eigenvalue weighted by Gasteiger charge is 2.07. The highest BCUT2D eigenvalue weighted by Crippen LogP contribution is 2.22. The van der Waals surface area contributed by atoms with Crippen LogP contribution in [0, 0.1) is 6.08 Å². The predicted molar refractivity (Wildman–Crippen MR) is 84.4 cm³/mol. The largest absolute Gasteiger partial charge is 0.0804 e. The Bertz CT molecular complexity index is 560. The minimum Gasteiger partial charge on any atom is -0.0804 e. The van der Waals surface area contributed by atoms with Crippen LogP contribution in [0.4, 0.5) is 0 Å². The van der Waals surface area contributed by atoms with Crippen LogP contribution in [-0.4, -0.2) is 0 Å². The molecule has 0 amide bonds. The Kier molecular flexibility index (Phi) is 4.13. The molecule has 1 aliphatic carbocycles. The molecule has 0 saturated carbocycles. The fourth-order valence-electron chi connectivity index (χ4n) is 2.46. The van der Waals surface area contributed by atoms with E-state index in [-0.39, 0.29) is 0 Å². The first-order valence-corrected chi connectivity index (χ1v) is 7.29. The Morgan fingerprint density at radius 1 is 0.800 bits per heavy atom. The molecule has 20 heavy (non-hydrogen) atoms. The lowest BCUT2D eigenvalue weighted by molar-refractivity contribution is 0.883. The molecule has 0 aromatic heterocycles. The Morgan fingerprint density at radius 2 is 1.30 bits per heavy atom. The van der Waals surface area contributed by atoms with Gasteiger partial charge in [-0.3, -0.25) is 0 Å². The van der Waals surface area contributed by atoms with Gasteiger partial charge in [-0.05, 0) is 48.5 Å². The summed E-state index contributed by atoms with van der Waals surface area (Å²) in [5, 5.41) is 0. The van der Waals surface area contributed by atoms with Gasteiger partial charge in [0.2, 0.25) is 0 Å². The number of hydrogen-bond donors (Lipinski definition) is 0. The SMILES string of the molecule is [C](=C(Cc1ccccc1)Cc1ccccc1)C1=CCC1. The molecular formula is C20H19. The second-order valence-corrected chi connectivity index (χ2v) is 5.32. The van der Waals surface area contributed by atoms with Crippen molar-refractivity contribution in [2.24, 2.45) is 0 Å². The van der Waals surface area contributed by atoms with E-state index in [0.717, 1.165) is 12.8 Å². The van der Waals surface area contributed by atoms with Crippen molar-refractivity contribution >= 4 is 0 Å². The van der Waals surface area contributed by atoms with E-state index in [4.69, 9.17) is 0 Å². The van der Waals surface area contributed by atoms with Crippen LogP contribution in [0.2, 0.25) is 0 Å². The Balaban J connectivity index is 1.79. The van der Waals surface area contributed by atoms with Crippen LogP contribution in [0.25, 0.3) is 0 Å². The van der Waals surface area contributed by atoms with E-state index in [0.29, 0.717) is 0 Å². The van der Waals surface area contributed by atoms with Gasteiger partial charge in [0.15, 0.2) is 0 Å². The van der Waals surface area contributed by atoms with Crippen LogP contribution in [0.3, 0.4) is 0 Å². The molecule has 0 atom stereocenters. The van der Waals surface area contributed by atoms with Crippen molar-refractivity contribution in [3.63, 3.8) is 0 Å². The summed E-state index contributed by atoms with van der Waals surface area (Å²) in [6.07, 6.45) is 10.3. The lowest BCUT2D eigenvalue weighted by Gasteiger charge is -2.13. The van der Waals surface area contributed by atoms with Gasteiger partial charge in [0.05, 0.1) is 0 Å². The average molecular weight is 259 g/mol. The first-order chi connectivity index (χ1) is 9.90. The summed E-state index contributed by atoms with van der Waals surface area (Å²) in [5.41, 5.74) is 5.50. The number of allylic oxidation sites excluding steroid dienone is 4. The van der Waals surface area contributed by atoms with E-state index >= 15 is 0 Å². The van der Waals surface area contributed by atoms with E-state index in [2.05, 4.69) is 72.8 Å². The summed E-state index contributed by atoms with van der Waals surface area (Å²) >= 11 is 0. The maximum absolute atomic E-state index is 3.63. The summed E-state index contributed by atoms with van der Waals surface area (Å²) in [7, 11) is 0. The minimum atomic E-state index is 0.993. The zero-order valence-corrected chi connectivity index (χ0v) is 11.7. The van der Waals surface area contributed by atoms with E-state index in [1.165, 1.54) is 35.1 Å². The molecule has 3 rings (SSSR count). The third kappa shape index (κ3) is 3.48. The van der Waals surface area contributed by atoms with Crippen LogP contribution in [0.15, 0.2) is 77.9 Å². The summed E-state index contributed by atoms with van der Waals surface area (Å²) < 4.78 is 0. The van der Waals surface area contributed by atoms with E-state index in [9.17, 15) is 0 Å². The van der Waals surface area contributed by atoms with Crippen molar-refractivity contribution in [1.29, 1.82) is 0 Å². The van der Waals surface area contributed by atoms with Gasteiger partial charge in [-0.1, -0.05) is 72.3 Å². The molecule has 0 spiro atoms. The summed E-state index contributed by atoms with van der Waals surface area (Å²) in [5.74, 6) is 0. The van der Waals surface area contributed by atoms with Gasteiger partial charge in [0, 0.05) is 0 Å². The third-order valence-electron chi connectivity index (χ3n) is 3.66. The van der Waals surface area contributed by atoms with Crippen molar-refractivity contribution < 1.29 is 0 Å². The standard InChI is InChI=1S/C20H19/c1-3-8-17(9-4-1)14-20(16-19-12-7-13-19)15-18-10-5-2-6-11-18/h1-6,8-12H,7,13-15H2. The quantitative estimate of drug-likeness (QED) is 0.715. The zero-order chi connectivity index (χ0) is 13.6. The first kappa shape index (κ1) is 12.9. The molecule has 1 aliphatic rings. The first-order valence-electron chi connectivity index (χ1n) is 7.29. The lowest BCUT2D eigenvalue weighted by Crippen LogP contribution is -2.00. The fraction of sp³-hybridized carbons (Fsp3) is 0.200. The maximum Gasteiger partial charge on any atom is -0.00544 e. The van der Waals surface area contributed by atoms with E-state index in [1.54, 1.807) is 0 Å². The molecule has 0 saturated heterocycles. The zero-order valence-electron chi connectivity index (χ0n) is 11.7. The molecule has 1 radical (unpaired) electrons. The van der Waals surface area contributed by atoms with Gasteiger partial charge in [-0.15, -0.1) is 0 Å². The van der Waals surface area contributed by atoms with Crippen molar-refractivity contribution in [2.75, 3.05) is 0 Å². The molecule has 0 N–H and O–H groups in total. The maximum atomic E-state index is 3.63. The van der Waals surface area contributed by atoms with Crippen molar-refractivity contribution in [2.45, 2.75) is 25.7 Å². The number of benzene rings is 2. The highest BCUT2D eigenvalue weighted by atomic mass is 14.1. The van der Waals surface area contributed by atoms with Gasteiger partial charge >= 0.3 is 0 Å². The van der Waals surface area contributed by atoms with Crippen LogP contribution >= 0.6 is 0 Å². The van der Waals surface area contributed by atoms with E-state index < -0.39 is 0 Å². The van der Waals surface area contributed by atoms with E-state index in [1.807, 2.05) is 0 Å². The van der Waals surface area contributed by atoms with Gasteiger partial charge < -0.3 is 0 Å². The van der Waals surface area contributed by atoms with Crippen LogP contribution < -0.4 is 0 Å². The van der Waals surface area contributed by atoms with Gasteiger partial charge in [-0.2, -0.15) is 0 Å². The van der Waals surface area contributed by atoms with Crippen molar-refractivity contribution in [1.82, 2.24) is 0 Å². The lowest BCUT2D eigenvalue weighted by atomic mass is 9.91. The molecule has 0 heterocycles. The predicted octanol–water partition coefficient (Wildman–Crippen LogP) is 4.92. The Morgan fingerprint density at radius 3 is 1.70 bits per heavy atom. The Labute approximate surface area is 121 Å². The van der Waals surface area contributed by atoms with Gasteiger partial charge in [0.25, 0.3) is 0 Å². The molecule has 0 heteroatoms. The molecule has 0 bridgehead atoms. The molecule has 0 nitrogen and oxygen atoms in total. The van der Waals surface area contributed by atoms with Crippen LogP contribution in [0.5, 0.6) is 0 Å². The van der Waals surface area contributed by atoms with Gasteiger partial charge in [-0.25, -0.2) is 0 Å². The molecule has 0 fully saturated rings. The summed E-state index contributed by atoms with van der Waals surface area (Å²) in [6.45, 7) is 0. The van der Waals surface area contributed by atoms with Crippen LogP contribution in [-0.2, 0) is 12.8 Å². The molecule has 99 valence electrons. The Hall–Kier alpha value is -2.08. The van der Waals surface area contributed by atoms with Crippen molar-refractivity contribution in [3.8, 4) is 0 Å². The molecule has 0 unspecified atom stereocenters. The summed E-state index contributed by atoms with van der Waals surface area (Å²) in [6, 6.07) is 21.4. The molecule has 2 aromatic rings. The third-order valence-corrected chi connectivity index (χ3v) is 3.66. The smallest absolute Gasteiger partial charge is 0.00544 e. The molecular weight excluding hydrogens is 240 g/mol. The second-order valence-electron chi connectivity index (χ2n) is 5.32. The van der Waals surface area contributed by atoms with Crippen molar-refractivity contribution in [3.05, 3.63) is 95.1 Å². The monoisotopic (exact) mass is 259 g/mol. The number of rotatable bonds is 5. The average Bonchev–Trinajstić information content (AvgIpc) is 2.45. The fourth-order valence-corrected chi connectivity index (χ4v) is 2.46. The second kappa shape index (κ2) is 6.38. The topological polar surface area (TPSA) is 0 Å². The minimum absolute atomic E-state index is 0.993. The highest BCUT2D eigenvalue weighted by molar-refractivity contribution is 5.31. The normalized spacial score (nSPS) is 13.3. The molecule has 2 aromatic carbocycles. The number of hydrogen-bond acceptors (Lipinski definition) is 0. The van der Waals surface area contributed by atoms with Crippen LogP contribution in [0.1, 0.15) is 24.0 Å². The van der Waals surface area contributed by atoms with Gasteiger partial charge in [0.1, 0.15) is 0 Å². The molecule has 0 aliphatic heterocycles.